The smallest absolute Gasteiger partial charge is 0.215 e. The molecule has 0 aliphatic carbocycles. The van der Waals surface area contributed by atoms with Crippen molar-refractivity contribution in [3.8, 4) is 0 Å². The minimum absolute atomic E-state index is 0.110. The fraction of sp³-hybridized carbons (Fsp3) is 0.647. The van der Waals surface area contributed by atoms with E-state index >= 15 is 0 Å². The summed E-state index contributed by atoms with van der Waals surface area (Å²) in [6, 6.07) is 5.06. The number of benzene rings is 1. The van der Waals surface area contributed by atoms with Crippen molar-refractivity contribution in [1.82, 2.24) is 9.62 Å². The quantitative estimate of drug-likeness (QED) is 0.717. The van der Waals surface area contributed by atoms with Crippen molar-refractivity contribution in [3.05, 3.63) is 33.8 Å². The number of halogens is 2. The first-order valence-electron chi connectivity index (χ1n) is 8.50. The molecule has 1 aliphatic heterocycles. The SMILES string of the molecule is CC(C)CC(CNS(=O)(=O)Cc1ccc(Cl)c(Cl)c1)N1CCOCC1. The summed E-state index contributed by atoms with van der Waals surface area (Å²) in [5.74, 6) is 0.383. The molecule has 1 aromatic carbocycles. The number of rotatable bonds is 8. The normalized spacial score (nSPS) is 17.8. The standard InChI is InChI=1S/C17H26Cl2N2O3S/c1-13(2)9-15(21-5-7-24-8-6-21)11-20-25(22,23)12-14-3-4-16(18)17(19)10-14/h3-4,10,13,15,20H,5-9,11-12H2,1-2H3. The van der Waals surface area contributed by atoms with E-state index in [1.165, 1.54) is 0 Å². The molecule has 1 aliphatic rings. The van der Waals surface area contributed by atoms with Crippen LogP contribution in [-0.2, 0) is 20.5 Å². The molecule has 8 heteroatoms. The average Bonchev–Trinajstić information content (AvgIpc) is 2.55. The van der Waals surface area contributed by atoms with Crippen molar-refractivity contribution in [3.63, 3.8) is 0 Å². The zero-order chi connectivity index (χ0) is 18.4. The number of nitrogens with one attached hydrogen (secondary N) is 1. The summed E-state index contributed by atoms with van der Waals surface area (Å²) in [5, 5.41) is 0.778. The van der Waals surface area contributed by atoms with Crippen LogP contribution in [0.3, 0.4) is 0 Å². The number of ether oxygens (including phenoxy) is 1. The fourth-order valence-corrected chi connectivity index (χ4v) is 4.46. The molecule has 0 bridgehead atoms. The van der Waals surface area contributed by atoms with Gasteiger partial charge in [-0.05, 0) is 30.0 Å². The zero-order valence-electron chi connectivity index (χ0n) is 14.7. The van der Waals surface area contributed by atoms with Crippen molar-refractivity contribution in [2.24, 2.45) is 5.92 Å². The van der Waals surface area contributed by atoms with Gasteiger partial charge in [0.25, 0.3) is 0 Å². The molecule has 1 aromatic rings. The van der Waals surface area contributed by atoms with Gasteiger partial charge in [-0.1, -0.05) is 43.1 Å². The number of hydrogen-bond acceptors (Lipinski definition) is 4. The highest BCUT2D eigenvalue weighted by Crippen LogP contribution is 2.23. The molecule has 25 heavy (non-hydrogen) atoms. The fourth-order valence-electron chi connectivity index (χ4n) is 2.97. The van der Waals surface area contributed by atoms with Gasteiger partial charge in [0.05, 0.1) is 29.0 Å². The van der Waals surface area contributed by atoms with E-state index in [-0.39, 0.29) is 11.8 Å². The highest BCUT2D eigenvalue weighted by atomic mass is 35.5. The summed E-state index contributed by atoms with van der Waals surface area (Å²) >= 11 is 11.8. The lowest BCUT2D eigenvalue weighted by molar-refractivity contribution is 0.0134. The number of morpholine rings is 1. The van der Waals surface area contributed by atoms with E-state index in [0.29, 0.717) is 41.3 Å². The van der Waals surface area contributed by atoms with Gasteiger partial charge in [0.15, 0.2) is 0 Å². The Hall–Kier alpha value is -0.370. The molecule has 0 aromatic heterocycles. The van der Waals surface area contributed by atoms with Crippen LogP contribution in [-0.4, -0.2) is 52.2 Å². The first-order chi connectivity index (χ1) is 11.8. The number of nitrogens with zero attached hydrogens (tertiary/aromatic N) is 1. The summed E-state index contributed by atoms with van der Waals surface area (Å²) in [6.07, 6.45) is 0.940. The van der Waals surface area contributed by atoms with E-state index < -0.39 is 10.0 Å². The van der Waals surface area contributed by atoms with Gasteiger partial charge in [0.1, 0.15) is 0 Å². The zero-order valence-corrected chi connectivity index (χ0v) is 17.0. The second kappa shape index (κ2) is 9.53. The van der Waals surface area contributed by atoms with Crippen molar-refractivity contribution in [2.45, 2.75) is 32.1 Å². The van der Waals surface area contributed by atoms with Crippen molar-refractivity contribution >= 4 is 33.2 Å². The number of hydrogen-bond donors (Lipinski definition) is 1. The average molecular weight is 409 g/mol. The Labute approximate surface area is 160 Å². The molecule has 1 N–H and O–H groups in total. The van der Waals surface area contributed by atoms with Crippen LogP contribution in [0.2, 0.25) is 10.0 Å². The predicted octanol–water partition coefficient (Wildman–Crippen LogP) is 3.16. The van der Waals surface area contributed by atoms with Crippen LogP contribution in [0, 0.1) is 5.92 Å². The summed E-state index contributed by atoms with van der Waals surface area (Å²) in [7, 11) is -3.44. The second-order valence-corrected chi connectivity index (χ2v) is 9.41. The summed E-state index contributed by atoms with van der Waals surface area (Å²) in [4.78, 5) is 2.31. The minimum atomic E-state index is -3.44. The third kappa shape index (κ3) is 7.04. The molecular formula is C17H26Cl2N2O3S. The Bertz CT molecular complexity index is 662. The van der Waals surface area contributed by atoms with Crippen molar-refractivity contribution in [2.75, 3.05) is 32.8 Å². The maximum atomic E-state index is 12.4. The van der Waals surface area contributed by atoms with E-state index in [4.69, 9.17) is 27.9 Å². The molecule has 1 fully saturated rings. The molecule has 5 nitrogen and oxygen atoms in total. The van der Waals surface area contributed by atoms with Crippen LogP contribution in [0.4, 0.5) is 0 Å². The third-order valence-electron chi connectivity index (χ3n) is 4.19. The molecule has 1 atom stereocenters. The summed E-state index contributed by atoms with van der Waals surface area (Å²) < 4.78 is 33.0. The Morgan fingerprint density at radius 1 is 1.20 bits per heavy atom. The van der Waals surface area contributed by atoms with E-state index in [9.17, 15) is 8.42 Å². The molecule has 2 rings (SSSR count). The molecule has 1 saturated heterocycles. The van der Waals surface area contributed by atoms with Crippen molar-refractivity contribution < 1.29 is 13.2 Å². The molecule has 142 valence electrons. The van der Waals surface area contributed by atoms with Crippen LogP contribution < -0.4 is 4.72 Å². The number of sulfonamides is 1. The third-order valence-corrected chi connectivity index (χ3v) is 6.24. The van der Waals surface area contributed by atoms with Crippen LogP contribution in [0.5, 0.6) is 0 Å². The highest BCUT2D eigenvalue weighted by molar-refractivity contribution is 7.88. The molecular weight excluding hydrogens is 383 g/mol. The van der Waals surface area contributed by atoms with Gasteiger partial charge in [-0.3, -0.25) is 4.90 Å². The van der Waals surface area contributed by atoms with Crippen LogP contribution in [0.1, 0.15) is 25.8 Å². The summed E-state index contributed by atoms with van der Waals surface area (Å²) in [6.45, 7) is 7.78. The maximum absolute atomic E-state index is 12.4. The van der Waals surface area contributed by atoms with Crippen LogP contribution in [0.15, 0.2) is 18.2 Å². The Morgan fingerprint density at radius 2 is 1.88 bits per heavy atom. The van der Waals surface area contributed by atoms with Gasteiger partial charge >= 0.3 is 0 Å². The molecule has 0 saturated carbocycles. The topological polar surface area (TPSA) is 58.6 Å². The van der Waals surface area contributed by atoms with E-state index in [1.807, 2.05) is 0 Å². The van der Waals surface area contributed by atoms with Gasteiger partial charge in [0.2, 0.25) is 10.0 Å². The van der Waals surface area contributed by atoms with Gasteiger partial charge in [-0.25, -0.2) is 13.1 Å². The van der Waals surface area contributed by atoms with Gasteiger partial charge in [0, 0.05) is 25.7 Å². The van der Waals surface area contributed by atoms with Gasteiger partial charge in [-0.2, -0.15) is 0 Å². The highest BCUT2D eigenvalue weighted by Gasteiger charge is 2.24. The lowest BCUT2D eigenvalue weighted by Crippen LogP contribution is -2.49. The van der Waals surface area contributed by atoms with E-state index in [0.717, 1.165) is 19.5 Å². The molecule has 1 heterocycles. The first kappa shape index (κ1) is 20.9. The van der Waals surface area contributed by atoms with E-state index in [2.05, 4.69) is 23.5 Å². The monoisotopic (exact) mass is 408 g/mol. The lowest BCUT2D eigenvalue weighted by Gasteiger charge is -2.35. The Morgan fingerprint density at radius 3 is 2.48 bits per heavy atom. The predicted molar refractivity (Wildman–Crippen MR) is 103 cm³/mol. The van der Waals surface area contributed by atoms with Gasteiger partial charge in [-0.15, -0.1) is 0 Å². The van der Waals surface area contributed by atoms with E-state index in [1.54, 1.807) is 18.2 Å². The van der Waals surface area contributed by atoms with Crippen LogP contribution >= 0.6 is 23.2 Å². The van der Waals surface area contributed by atoms with Gasteiger partial charge < -0.3 is 4.74 Å². The molecule has 1 unspecified atom stereocenters. The lowest BCUT2D eigenvalue weighted by atomic mass is 10.0. The van der Waals surface area contributed by atoms with Crippen LogP contribution in [0.25, 0.3) is 0 Å². The Balaban J connectivity index is 1.97. The summed E-state index contributed by atoms with van der Waals surface area (Å²) in [5.41, 5.74) is 0.619. The Kier molecular flexibility index (Phi) is 7.98. The minimum Gasteiger partial charge on any atom is -0.379 e. The van der Waals surface area contributed by atoms with Crippen molar-refractivity contribution in [1.29, 1.82) is 0 Å². The second-order valence-electron chi connectivity index (χ2n) is 6.79. The first-order valence-corrected chi connectivity index (χ1v) is 10.9. The maximum Gasteiger partial charge on any atom is 0.215 e. The molecule has 0 radical (unpaired) electrons. The largest absolute Gasteiger partial charge is 0.379 e. The molecule has 0 amide bonds. The molecule has 0 spiro atoms.